The van der Waals surface area contributed by atoms with Crippen LogP contribution in [-0.4, -0.2) is 38.7 Å². The van der Waals surface area contributed by atoms with Gasteiger partial charge in [-0.25, -0.2) is 13.2 Å². The molecule has 5 nitrogen and oxygen atoms in total. The maximum absolute atomic E-state index is 11.1. The lowest BCUT2D eigenvalue weighted by molar-refractivity contribution is 0.160. The van der Waals surface area contributed by atoms with Gasteiger partial charge in [-0.15, -0.1) is 0 Å². The Labute approximate surface area is 77.4 Å². The molecular weight excluding hydrogens is 194 g/mol. The number of ether oxygens (including phenoxy) is 1. The molecule has 0 saturated carbocycles. The van der Waals surface area contributed by atoms with E-state index in [0.717, 1.165) is 0 Å². The molecule has 1 heterocycles. The Balaban J connectivity index is 2.65. The van der Waals surface area contributed by atoms with Gasteiger partial charge in [0.25, 0.3) is 0 Å². The first-order valence-electron chi connectivity index (χ1n) is 3.93. The highest BCUT2D eigenvalue weighted by molar-refractivity contribution is 7.91. The van der Waals surface area contributed by atoms with Crippen molar-refractivity contribution in [3.8, 4) is 0 Å². The van der Waals surface area contributed by atoms with Crippen molar-refractivity contribution < 1.29 is 17.9 Å². The van der Waals surface area contributed by atoms with Gasteiger partial charge in [-0.3, -0.25) is 0 Å². The molecule has 0 aromatic rings. The van der Waals surface area contributed by atoms with Crippen molar-refractivity contribution in [1.82, 2.24) is 5.32 Å². The van der Waals surface area contributed by atoms with Gasteiger partial charge in [0.05, 0.1) is 24.2 Å². The van der Waals surface area contributed by atoms with Crippen molar-refractivity contribution in [3.63, 3.8) is 0 Å². The average molecular weight is 207 g/mol. The van der Waals surface area contributed by atoms with Crippen LogP contribution in [0.1, 0.15) is 13.3 Å². The lowest BCUT2D eigenvalue weighted by Gasteiger charge is -2.22. The topological polar surface area (TPSA) is 72.5 Å². The maximum atomic E-state index is 11.1. The second-order valence-electron chi connectivity index (χ2n) is 3.52. The van der Waals surface area contributed by atoms with Crippen molar-refractivity contribution in [3.05, 3.63) is 0 Å². The molecule has 0 radical (unpaired) electrons. The van der Waals surface area contributed by atoms with Gasteiger partial charge in [0, 0.05) is 0 Å². The van der Waals surface area contributed by atoms with Crippen LogP contribution < -0.4 is 5.32 Å². The van der Waals surface area contributed by atoms with Gasteiger partial charge in [0.15, 0.2) is 9.84 Å². The van der Waals surface area contributed by atoms with Crippen LogP contribution in [0.2, 0.25) is 0 Å². The summed E-state index contributed by atoms with van der Waals surface area (Å²) in [5.41, 5.74) is -0.661. The summed E-state index contributed by atoms with van der Waals surface area (Å²) in [5.74, 6) is 0.128. The predicted molar refractivity (Wildman–Crippen MR) is 47.2 cm³/mol. The number of hydrogen-bond acceptors (Lipinski definition) is 4. The zero-order valence-corrected chi connectivity index (χ0v) is 8.48. The maximum Gasteiger partial charge on any atom is 0.407 e. The van der Waals surface area contributed by atoms with Crippen molar-refractivity contribution in [2.75, 3.05) is 18.6 Å². The molecule has 1 fully saturated rings. The Morgan fingerprint density at radius 2 is 2.15 bits per heavy atom. The summed E-state index contributed by atoms with van der Waals surface area (Å²) in [6, 6.07) is 0. The van der Waals surface area contributed by atoms with E-state index in [-0.39, 0.29) is 11.5 Å². The van der Waals surface area contributed by atoms with Crippen molar-refractivity contribution in [2.24, 2.45) is 0 Å². The summed E-state index contributed by atoms with van der Waals surface area (Å²) < 4.78 is 26.6. The van der Waals surface area contributed by atoms with Crippen LogP contribution in [0, 0.1) is 0 Å². The van der Waals surface area contributed by atoms with Crippen LogP contribution in [0.4, 0.5) is 4.79 Å². The first-order chi connectivity index (χ1) is 5.87. The Bertz CT molecular complexity index is 310. The van der Waals surface area contributed by atoms with Crippen molar-refractivity contribution in [2.45, 2.75) is 18.9 Å². The Hall–Kier alpha value is -0.780. The summed E-state index contributed by atoms with van der Waals surface area (Å²) in [5, 5.41) is 2.52. The van der Waals surface area contributed by atoms with Gasteiger partial charge in [-0.05, 0) is 13.3 Å². The predicted octanol–water partition coefficient (Wildman–Crippen LogP) is -0.0804. The van der Waals surface area contributed by atoms with E-state index in [1.165, 1.54) is 7.11 Å². The molecule has 0 aliphatic carbocycles. The monoisotopic (exact) mass is 207 g/mol. The Kier molecular flexibility index (Phi) is 2.51. The van der Waals surface area contributed by atoms with Gasteiger partial charge in [0.2, 0.25) is 0 Å². The minimum Gasteiger partial charge on any atom is -0.453 e. The average Bonchev–Trinajstić information content (AvgIpc) is 2.25. The Morgan fingerprint density at radius 3 is 2.54 bits per heavy atom. The molecule has 1 saturated heterocycles. The van der Waals surface area contributed by atoms with E-state index in [4.69, 9.17) is 0 Å². The van der Waals surface area contributed by atoms with Gasteiger partial charge >= 0.3 is 6.09 Å². The Morgan fingerprint density at radius 1 is 1.54 bits per heavy atom. The highest BCUT2D eigenvalue weighted by Crippen LogP contribution is 2.22. The summed E-state index contributed by atoms with van der Waals surface area (Å²) in [6.07, 6.45) is -0.135. The summed E-state index contributed by atoms with van der Waals surface area (Å²) in [7, 11) is -1.73. The molecule has 1 N–H and O–H groups in total. The van der Waals surface area contributed by atoms with Crippen LogP contribution in [0.15, 0.2) is 0 Å². The molecule has 1 aliphatic heterocycles. The molecular formula is C7H13NO4S. The van der Waals surface area contributed by atoms with Crippen LogP contribution in [-0.2, 0) is 14.6 Å². The zero-order chi connectivity index (χ0) is 10.1. The van der Waals surface area contributed by atoms with Crippen LogP contribution >= 0.6 is 0 Å². The molecule has 0 unspecified atom stereocenters. The number of methoxy groups -OCH3 is 1. The third-order valence-corrected chi connectivity index (χ3v) is 4.00. The van der Waals surface area contributed by atoms with Gasteiger partial charge in [0.1, 0.15) is 0 Å². The summed E-state index contributed by atoms with van der Waals surface area (Å²) in [4.78, 5) is 10.9. The minimum atomic E-state index is -2.98. The fourth-order valence-electron chi connectivity index (χ4n) is 1.41. The van der Waals surface area contributed by atoms with Crippen LogP contribution in [0.5, 0.6) is 0 Å². The van der Waals surface area contributed by atoms with Gasteiger partial charge in [-0.1, -0.05) is 0 Å². The third kappa shape index (κ3) is 2.58. The standard InChI is InChI=1S/C7H13NO4S/c1-7(8-6(9)12-2)3-4-13(10,11)5-7/h3-5H2,1-2H3,(H,8,9)/t7-/m1/s1. The van der Waals surface area contributed by atoms with Crippen LogP contribution in [0.25, 0.3) is 0 Å². The quantitative estimate of drug-likeness (QED) is 0.652. The second kappa shape index (κ2) is 3.17. The van der Waals surface area contributed by atoms with Crippen molar-refractivity contribution in [1.29, 1.82) is 0 Å². The van der Waals surface area contributed by atoms with E-state index in [1.54, 1.807) is 6.92 Å². The van der Waals surface area contributed by atoms with E-state index < -0.39 is 21.5 Å². The minimum absolute atomic E-state index is 0.00486. The molecule has 1 atom stereocenters. The number of alkyl carbamates (subject to hydrolysis) is 1. The number of carbonyl (C=O) groups excluding carboxylic acids is 1. The molecule has 76 valence electrons. The summed E-state index contributed by atoms with van der Waals surface area (Å²) >= 11 is 0. The van der Waals surface area contributed by atoms with Gasteiger partial charge < -0.3 is 10.1 Å². The van der Waals surface area contributed by atoms with E-state index in [2.05, 4.69) is 10.1 Å². The number of nitrogens with one attached hydrogen (secondary N) is 1. The molecule has 1 amide bonds. The van der Waals surface area contributed by atoms with E-state index in [0.29, 0.717) is 6.42 Å². The molecule has 0 aromatic heterocycles. The van der Waals surface area contributed by atoms with Crippen LogP contribution in [0.3, 0.4) is 0 Å². The number of hydrogen-bond donors (Lipinski definition) is 1. The van der Waals surface area contributed by atoms with E-state index in [1.807, 2.05) is 0 Å². The molecule has 0 bridgehead atoms. The smallest absolute Gasteiger partial charge is 0.407 e. The highest BCUT2D eigenvalue weighted by Gasteiger charge is 2.39. The van der Waals surface area contributed by atoms with Crippen molar-refractivity contribution >= 4 is 15.9 Å². The molecule has 1 aliphatic rings. The lowest BCUT2D eigenvalue weighted by atomic mass is 10.0. The number of amides is 1. The number of rotatable bonds is 1. The fraction of sp³-hybridized carbons (Fsp3) is 0.857. The third-order valence-electron chi connectivity index (χ3n) is 2.09. The molecule has 1 rings (SSSR count). The lowest BCUT2D eigenvalue weighted by Crippen LogP contribution is -2.46. The molecule has 0 spiro atoms. The second-order valence-corrected chi connectivity index (χ2v) is 5.70. The highest BCUT2D eigenvalue weighted by atomic mass is 32.2. The molecule has 6 heteroatoms. The zero-order valence-electron chi connectivity index (χ0n) is 7.66. The van der Waals surface area contributed by atoms with E-state index in [9.17, 15) is 13.2 Å². The SMILES string of the molecule is COC(=O)N[C@]1(C)CCS(=O)(=O)C1. The first kappa shape index (κ1) is 10.3. The first-order valence-corrected chi connectivity index (χ1v) is 5.76. The largest absolute Gasteiger partial charge is 0.453 e. The number of carbonyl (C=O) groups is 1. The molecule has 0 aromatic carbocycles. The number of sulfone groups is 1. The normalized spacial score (nSPS) is 31.2. The summed E-state index contributed by atoms with van der Waals surface area (Å²) in [6.45, 7) is 1.70. The fourth-order valence-corrected chi connectivity index (χ4v) is 3.50. The molecule has 13 heavy (non-hydrogen) atoms. The van der Waals surface area contributed by atoms with E-state index >= 15 is 0 Å². The van der Waals surface area contributed by atoms with Gasteiger partial charge in [-0.2, -0.15) is 0 Å².